The number of piperidine rings is 1. The van der Waals surface area contributed by atoms with Gasteiger partial charge in [-0.2, -0.15) is 4.68 Å². The normalized spacial score (nSPS) is 26.6. The number of rotatable bonds is 5. The Morgan fingerprint density at radius 3 is 2.63 bits per heavy atom. The number of hydrogen-bond donors (Lipinski definition) is 1. The molecule has 9 nitrogen and oxygen atoms in total. The van der Waals surface area contributed by atoms with E-state index in [9.17, 15) is 9.00 Å². The van der Waals surface area contributed by atoms with E-state index in [-0.39, 0.29) is 11.6 Å². The molecule has 2 bridgehead atoms. The first-order valence-corrected chi connectivity index (χ1v) is 16.1. The van der Waals surface area contributed by atoms with Crippen LogP contribution in [0, 0.1) is 0 Å². The Morgan fingerprint density at radius 1 is 1.18 bits per heavy atom. The summed E-state index contributed by atoms with van der Waals surface area (Å²) in [5, 5.41) is 5.04. The lowest BCUT2D eigenvalue weighted by atomic mass is 9.84. The number of halogens is 1. The third-order valence-electron chi connectivity index (χ3n) is 8.60. The summed E-state index contributed by atoms with van der Waals surface area (Å²) in [7, 11) is -2.45. The second-order valence-electron chi connectivity index (χ2n) is 11.4. The zero-order valence-electron chi connectivity index (χ0n) is 22.0. The van der Waals surface area contributed by atoms with Gasteiger partial charge < -0.3 is 14.5 Å². The first kappa shape index (κ1) is 26.0. The van der Waals surface area contributed by atoms with Crippen molar-refractivity contribution in [3.05, 3.63) is 41.0 Å². The van der Waals surface area contributed by atoms with Gasteiger partial charge in [-0.25, -0.2) is 9.00 Å². The Bertz CT molecular complexity index is 1290. The quantitative estimate of drug-likeness (QED) is 0.562. The number of amides is 1. The number of hydrogen-bond acceptors (Lipinski definition) is 6. The highest BCUT2D eigenvalue weighted by Gasteiger charge is 2.44. The maximum atomic E-state index is 13.1. The number of likely N-dealkylation sites (tertiary alicyclic amines) is 2. The molecule has 6 rings (SSSR count). The van der Waals surface area contributed by atoms with E-state index < -0.39 is 9.71 Å². The van der Waals surface area contributed by atoms with Gasteiger partial charge >= 0.3 is 6.03 Å². The number of anilines is 2. The molecule has 0 aliphatic carbocycles. The molecule has 0 radical (unpaired) electrons. The Kier molecular flexibility index (Phi) is 6.86. The number of aromatic nitrogens is 2. The summed E-state index contributed by atoms with van der Waals surface area (Å²) in [5.41, 5.74) is 2.68. The van der Waals surface area contributed by atoms with Crippen LogP contribution in [0.4, 0.5) is 16.3 Å². The van der Waals surface area contributed by atoms with Gasteiger partial charge in [0.2, 0.25) is 0 Å². The van der Waals surface area contributed by atoms with E-state index in [2.05, 4.69) is 37.6 Å². The van der Waals surface area contributed by atoms with E-state index in [0.717, 1.165) is 63.3 Å². The minimum Gasteiger partial charge on any atom is -0.371 e. The molecule has 0 saturated carbocycles. The number of carbonyl (C=O) groups is 1. The standard InChI is InChI=1S/C27H37ClN6O3S/c1-38(2,36)30-25-8-13-34(29-25)26(35)31-14-10-27(11-15-31)9-3-12-33(27)17-20-4-5-21(28)16-24(20)32-18-22-6-7-23(19-32)37-22/h4-5,8,13,16,22-23H,1,3,6-7,9-12,14-15,17-19H2,2H3,(H,29,30,36)/t22-,23+,38?. The molecule has 5 heterocycles. The van der Waals surface area contributed by atoms with Crippen LogP contribution in [0.25, 0.3) is 0 Å². The highest BCUT2D eigenvalue weighted by molar-refractivity contribution is 8.00. The molecule has 4 saturated heterocycles. The zero-order valence-corrected chi connectivity index (χ0v) is 23.6. The van der Waals surface area contributed by atoms with Gasteiger partial charge in [0, 0.05) is 77.2 Å². The van der Waals surface area contributed by atoms with Crippen molar-refractivity contribution in [3.8, 4) is 0 Å². The average Bonchev–Trinajstić information content (AvgIpc) is 3.58. The lowest BCUT2D eigenvalue weighted by molar-refractivity contribution is 0.0301. The van der Waals surface area contributed by atoms with Gasteiger partial charge in [0.1, 0.15) is 0 Å². The molecule has 4 aliphatic rings. The highest BCUT2D eigenvalue weighted by Crippen LogP contribution is 2.41. The number of nitrogens with zero attached hydrogens (tertiary/aromatic N) is 5. The van der Waals surface area contributed by atoms with Crippen molar-refractivity contribution in [1.29, 1.82) is 0 Å². The Hall–Kier alpha value is -2.27. The smallest absolute Gasteiger partial charge is 0.344 e. The van der Waals surface area contributed by atoms with E-state index in [1.165, 1.54) is 28.6 Å². The third-order valence-corrected chi connectivity index (χ3v) is 9.48. The van der Waals surface area contributed by atoms with E-state index >= 15 is 0 Å². The number of fused-ring (bicyclic) bond motifs is 2. The molecule has 1 spiro atoms. The van der Waals surface area contributed by atoms with Gasteiger partial charge in [0.25, 0.3) is 0 Å². The van der Waals surface area contributed by atoms with E-state index in [1.54, 1.807) is 12.3 Å². The fraction of sp³-hybridized carbons (Fsp3) is 0.593. The maximum Gasteiger partial charge on any atom is 0.344 e. The van der Waals surface area contributed by atoms with Crippen LogP contribution in [0.5, 0.6) is 0 Å². The lowest BCUT2D eigenvalue weighted by Gasteiger charge is -2.45. The van der Waals surface area contributed by atoms with Crippen molar-refractivity contribution in [2.45, 2.75) is 62.8 Å². The van der Waals surface area contributed by atoms with Gasteiger partial charge in [-0.3, -0.25) is 9.62 Å². The molecule has 4 aliphatic heterocycles. The number of ether oxygens (including phenoxy) is 1. The van der Waals surface area contributed by atoms with Crippen LogP contribution < -0.4 is 9.62 Å². The zero-order chi connectivity index (χ0) is 26.5. The van der Waals surface area contributed by atoms with Crippen LogP contribution in [0.2, 0.25) is 5.02 Å². The molecular formula is C27H37ClN6O3S. The van der Waals surface area contributed by atoms with Crippen LogP contribution in [0.15, 0.2) is 30.5 Å². The van der Waals surface area contributed by atoms with Crippen LogP contribution in [-0.4, -0.2) is 92.4 Å². The predicted octanol–water partition coefficient (Wildman–Crippen LogP) is 3.68. The van der Waals surface area contributed by atoms with Crippen molar-refractivity contribution in [3.63, 3.8) is 0 Å². The van der Waals surface area contributed by atoms with Crippen LogP contribution in [-0.2, 0) is 21.0 Å². The van der Waals surface area contributed by atoms with Gasteiger partial charge in [-0.15, -0.1) is 5.10 Å². The molecular weight excluding hydrogens is 524 g/mol. The largest absolute Gasteiger partial charge is 0.371 e. The fourth-order valence-corrected chi connectivity index (χ4v) is 7.47. The summed E-state index contributed by atoms with van der Waals surface area (Å²) >= 11 is 6.48. The Balaban J connectivity index is 1.13. The summed E-state index contributed by atoms with van der Waals surface area (Å²) in [6.45, 7) is 5.21. The van der Waals surface area contributed by atoms with Gasteiger partial charge in [0.05, 0.1) is 12.2 Å². The third kappa shape index (κ3) is 5.28. The Morgan fingerprint density at radius 2 is 1.92 bits per heavy atom. The number of nitrogens with one attached hydrogen (secondary N) is 1. The second kappa shape index (κ2) is 10.0. The van der Waals surface area contributed by atoms with Crippen molar-refractivity contribution >= 4 is 44.7 Å². The molecule has 1 aromatic carbocycles. The first-order valence-electron chi connectivity index (χ1n) is 13.6. The molecule has 2 aromatic rings. The minimum absolute atomic E-state index is 0.107. The molecule has 11 heteroatoms. The van der Waals surface area contributed by atoms with Crippen molar-refractivity contribution in [1.82, 2.24) is 19.6 Å². The van der Waals surface area contributed by atoms with Gasteiger partial charge in [-0.05, 0) is 68.6 Å². The summed E-state index contributed by atoms with van der Waals surface area (Å²) in [6.07, 6.45) is 10.3. The highest BCUT2D eigenvalue weighted by atomic mass is 35.5. The SMILES string of the molecule is C=S(C)(=O)Nc1ccn(C(=O)N2CCC3(CCCN3Cc3ccc(Cl)cc3N3C[C@H]4CC[C@@H](C3)O4)CC2)n1. The number of carbonyl (C=O) groups excluding carboxylic acids is 1. The maximum absolute atomic E-state index is 13.1. The summed E-state index contributed by atoms with van der Waals surface area (Å²) < 4.78 is 22.1. The summed E-state index contributed by atoms with van der Waals surface area (Å²) in [5.74, 6) is 3.98. The molecule has 1 N–H and O–H groups in total. The molecule has 206 valence electrons. The van der Waals surface area contributed by atoms with Crippen LogP contribution in [0.1, 0.15) is 44.1 Å². The van der Waals surface area contributed by atoms with Crippen LogP contribution >= 0.6 is 11.6 Å². The molecule has 1 aromatic heterocycles. The fourth-order valence-electron chi connectivity index (χ4n) is 6.75. The lowest BCUT2D eigenvalue weighted by Crippen LogP contribution is -2.53. The number of morpholine rings is 1. The molecule has 1 amide bonds. The molecule has 4 fully saturated rings. The summed E-state index contributed by atoms with van der Waals surface area (Å²) in [4.78, 5) is 20.1. The second-order valence-corrected chi connectivity index (χ2v) is 14.1. The molecule has 1 unspecified atom stereocenters. The van der Waals surface area contributed by atoms with E-state index in [1.807, 2.05) is 11.0 Å². The van der Waals surface area contributed by atoms with Crippen molar-refractivity contribution < 1.29 is 13.7 Å². The monoisotopic (exact) mass is 560 g/mol. The van der Waals surface area contributed by atoms with Crippen molar-refractivity contribution in [2.75, 3.05) is 48.6 Å². The van der Waals surface area contributed by atoms with E-state index in [4.69, 9.17) is 16.3 Å². The van der Waals surface area contributed by atoms with Gasteiger partial charge in [0.15, 0.2) is 5.82 Å². The molecule has 38 heavy (non-hydrogen) atoms. The van der Waals surface area contributed by atoms with E-state index in [0.29, 0.717) is 31.1 Å². The predicted molar refractivity (Wildman–Crippen MR) is 153 cm³/mol. The molecule has 3 atom stereocenters. The Labute approximate surface area is 230 Å². The minimum atomic E-state index is -2.45. The van der Waals surface area contributed by atoms with Gasteiger partial charge in [-0.1, -0.05) is 17.7 Å². The average molecular weight is 561 g/mol. The van der Waals surface area contributed by atoms with Crippen LogP contribution in [0.3, 0.4) is 0 Å². The number of benzene rings is 1. The van der Waals surface area contributed by atoms with Crippen molar-refractivity contribution in [2.24, 2.45) is 0 Å². The summed E-state index contributed by atoms with van der Waals surface area (Å²) in [6, 6.07) is 7.84. The topological polar surface area (TPSA) is 82.9 Å². The first-order chi connectivity index (χ1) is 18.2.